The molecule has 0 saturated heterocycles. The van der Waals surface area contributed by atoms with Crippen LogP contribution in [0, 0.1) is 11.8 Å². The van der Waals surface area contributed by atoms with E-state index in [4.69, 9.17) is 0 Å². The lowest BCUT2D eigenvalue weighted by Gasteiger charge is -1.97. The van der Waals surface area contributed by atoms with Gasteiger partial charge in [-0.2, -0.15) is 0 Å². The third-order valence-corrected chi connectivity index (χ3v) is 2.48. The Morgan fingerprint density at radius 2 is 2.18 bits per heavy atom. The van der Waals surface area contributed by atoms with E-state index >= 15 is 0 Å². The Bertz CT molecular complexity index is 632. The number of H-pyrrole nitrogens is 1. The molecule has 0 unspecified atom stereocenters. The number of hydrogen-bond donors (Lipinski definition) is 2. The Kier molecular flexibility index (Phi) is 3.59. The highest BCUT2D eigenvalue weighted by molar-refractivity contribution is 5.82. The standard InChI is InChI=1S/C14H14N2O/c1-15-7-3-2-4-11-5-6-12-10-16-14(17)9-13(12)8-11/h5-6,8-10,15H,3,7H2,1H3,(H,16,17). The van der Waals surface area contributed by atoms with E-state index < -0.39 is 0 Å². The van der Waals surface area contributed by atoms with Gasteiger partial charge in [-0.15, -0.1) is 0 Å². The highest BCUT2D eigenvalue weighted by Gasteiger charge is 1.95. The summed E-state index contributed by atoms with van der Waals surface area (Å²) in [6.45, 7) is 0.889. The summed E-state index contributed by atoms with van der Waals surface area (Å²) >= 11 is 0. The topological polar surface area (TPSA) is 44.9 Å². The van der Waals surface area contributed by atoms with Crippen molar-refractivity contribution in [2.24, 2.45) is 0 Å². The maximum atomic E-state index is 11.2. The molecule has 1 heterocycles. The SMILES string of the molecule is CNCCC#Cc1ccc2c[nH]c(=O)cc2c1. The van der Waals surface area contributed by atoms with Gasteiger partial charge in [0.25, 0.3) is 0 Å². The van der Waals surface area contributed by atoms with Gasteiger partial charge in [-0.3, -0.25) is 4.79 Å². The highest BCUT2D eigenvalue weighted by atomic mass is 16.1. The van der Waals surface area contributed by atoms with Crippen LogP contribution in [-0.4, -0.2) is 18.6 Å². The zero-order valence-electron chi connectivity index (χ0n) is 9.71. The Balaban J connectivity index is 2.29. The molecular formula is C14H14N2O. The van der Waals surface area contributed by atoms with Crippen LogP contribution < -0.4 is 10.9 Å². The van der Waals surface area contributed by atoms with Gasteiger partial charge in [0, 0.05) is 30.8 Å². The van der Waals surface area contributed by atoms with E-state index in [0.717, 1.165) is 29.3 Å². The summed E-state index contributed by atoms with van der Waals surface area (Å²) in [5, 5.41) is 4.99. The molecule has 3 heteroatoms. The van der Waals surface area contributed by atoms with Crippen molar-refractivity contribution >= 4 is 10.8 Å². The van der Waals surface area contributed by atoms with Crippen LogP contribution in [0.15, 0.2) is 35.3 Å². The average molecular weight is 226 g/mol. The smallest absolute Gasteiger partial charge is 0.248 e. The summed E-state index contributed by atoms with van der Waals surface area (Å²) in [7, 11) is 1.91. The number of fused-ring (bicyclic) bond motifs is 1. The zero-order chi connectivity index (χ0) is 12.1. The van der Waals surface area contributed by atoms with Crippen molar-refractivity contribution in [3.05, 3.63) is 46.4 Å². The van der Waals surface area contributed by atoms with Gasteiger partial charge in [-0.05, 0) is 30.0 Å². The number of benzene rings is 1. The van der Waals surface area contributed by atoms with Gasteiger partial charge in [0.05, 0.1) is 0 Å². The maximum absolute atomic E-state index is 11.2. The van der Waals surface area contributed by atoms with Gasteiger partial charge in [-0.25, -0.2) is 0 Å². The molecule has 0 spiro atoms. The molecule has 86 valence electrons. The van der Waals surface area contributed by atoms with Crippen molar-refractivity contribution in [1.82, 2.24) is 10.3 Å². The van der Waals surface area contributed by atoms with E-state index in [1.54, 1.807) is 12.3 Å². The number of pyridine rings is 1. The number of aromatic nitrogens is 1. The fourth-order valence-corrected chi connectivity index (χ4v) is 1.59. The Hall–Kier alpha value is -2.05. The monoisotopic (exact) mass is 226 g/mol. The molecule has 0 aliphatic carbocycles. The van der Waals surface area contributed by atoms with E-state index in [1.165, 1.54) is 0 Å². The van der Waals surface area contributed by atoms with Crippen molar-refractivity contribution in [1.29, 1.82) is 0 Å². The van der Waals surface area contributed by atoms with E-state index in [-0.39, 0.29) is 5.56 Å². The summed E-state index contributed by atoms with van der Waals surface area (Å²) < 4.78 is 0. The second-order valence-corrected chi connectivity index (χ2v) is 3.80. The Labute approximate surface area is 99.9 Å². The molecular weight excluding hydrogens is 212 g/mol. The van der Waals surface area contributed by atoms with Crippen LogP contribution in [0.2, 0.25) is 0 Å². The molecule has 2 N–H and O–H groups in total. The van der Waals surface area contributed by atoms with Gasteiger partial charge in [0.15, 0.2) is 0 Å². The predicted molar refractivity (Wildman–Crippen MR) is 70.0 cm³/mol. The molecule has 0 aliphatic heterocycles. The quantitative estimate of drug-likeness (QED) is 0.602. The largest absolute Gasteiger partial charge is 0.328 e. The van der Waals surface area contributed by atoms with Crippen LogP contribution in [0.1, 0.15) is 12.0 Å². The van der Waals surface area contributed by atoms with E-state index in [9.17, 15) is 4.79 Å². The van der Waals surface area contributed by atoms with Crippen LogP contribution in [0.3, 0.4) is 0 Å². The minimum Gasteiger partial charge on any atom is -0.328 e. The summed E-state index contributed by atoms with van der Waals surface area (Å²) in [6.07, 6.45) is 2.54. The normalized spacial score (nSPS) is 9.94. The molecule has 0 atom stereocenters. The van der Waals surface area contributed by atoms with E-state index in [2.05, 4.69) is 22.1 Å². The van der Waals surface area contributed by atoms with Crippen molar-refractivity contribution in [3.8, 4) is 11.8 Å². The van der Waals surface area contributed by atoms with Crippen LogP contribution in [0.4, 0.5) is 0 Å². The average Bonchev–Trinajstić information content (AvgIpc) is 2.34. The van der Waals surface area contributed by atoms with Crippen molar-refractivity contribution in [3.63, 3.8) is 0 Å². The van der Waals surface area contributed by atoms with Crippen molar-refractivity contribution in [2.45, 2.75) is 6.42 Å². The van der Waals surface area contributed by atoms with E-state index in [0.29, 0.717) is 0 Å². The first-order chi connectivity index (χ1) is 8.29. The number of nitrogens with one attached hydrogen (secondary N) is 2. The van der Waals surface area contributed by atoms with Crippen molar-refractivity contribution in [2.75, 3.05) is 13.6 Å². The molecule has 0 fully saturated rings. The lowest BCUT2D eigenvalue weighted by atomic mass is 10.1. The van der Waals surface area contributed by atoms with E-state index in [1.807, 2.05) is 25.2 Å². The summed E-state index contributed by atoms with van der Waals surface area (Å²) in [5.41, 5.74) is 0.858. The van der Waals surface area contributed by atoms with Crippen LogP contribution >= 0.6 is 0 Å². The van der Waals surface area contributed by atoms with Crippen molar-refractivity contribution < 1.29 is 0 Å². The second kappa shape index (κ2) is 5.33. The molecule has 0 aliphatic rings. The summed E-state index contributed by atoms with van der Waals surface area (Å²) in [6, 6.07) is 7.46. The lowest BCUT2D eigenvalue weighted by molar-refractivity contribution is 0.818. The molecule has 0 radical (unpaired) electrons. The first kappa shape index (κ1) is 11.4. The third kappa shape index (κ3) is 2.96. The zero-order valence-corrected chi connectivity index (χ0v) is 9.71. The van der Waals surface area contributed by atoms with Gasteiger partial charge in [0.1, 0.15) is 0 Å². The highest BCUT2D eigenvalue weighted by Crippen LogP contribution is 2.12. The van der Waals surface area contributed by atoms with Gasteiger partial charge < -0.3 is 10.3 Å². The molecule has 17 heavy (non-hydrogen) atoms. The third-order valence-electron chi connectivity index (χ3n) is 2.48. The molecule has 3 nitrogen and oxygen atoms in total. The fourth-order valence-electron chi connectivity index (χ4n) is 1.59. The Morgan fingerprint density at radius 1 is 1.29 bits per heavy atom. The molecule has 2 rings (SSSR count). The van der Waals surface area contributed by atoms with Crippen LogP contribution in [0.25, 0.3) is 10.8 Å². The van der Waals surface area contributed by atoms with Crippen LogP contribution in [-0.2, 0) is 0 Å². The fraction of sp³-hybridized carbons (Fsp3) is 0.214. The van der Waals surface area contributed by atoms with Gasteiger partial charge >= 0.3 is 0 Å². The molecule has 0 bridgehead atoms. The summed E-state index contributed by atoms with van der Waals surface area (Å²) in [4.78, 5) is 13.8. The number of rotatable bonds is 2. The van der Waals surface area contributed by atoms with Gasteiger partial charge in [-0.1, -0.05) is 17.9 Å². The minimum atomic E-state index is -0.0854. The first-order valence-electron chi connectivity index (χ1n) is 5.55. The molecule has 0 saturated carbocycles. The minimum absolute atomic E-state index is 0.0854. The predicted octanol–water partition coefficient (Wildman–Crippen LogP) is 1.49. The molecule has 1 aromatic carbocycles. The lowest BCUT2D eigenvalue weighted by Crippen LogP contribution is -2.05. The summed E-state index contributed by atoms with van der Waals surface area (Å²) in [5.74, 6) is 6.17. The Morgan fingerprint density at radius 3 is 3.00 bits per heavy atom. The maximum Gasteiger partial charge on any atom is 0.248 e. The molecule has 1 aromatic heterocycles. The van der Waals surface area contributed by atoms with Crippen LogP contribution in [0.5, 0.6) is 0 Å². The number of hydrogen-bond acceptors (Lipinski definition) is 2. The molecule has 0 amide bonds. The van der Waals surface area contributed by atoms with Gasteiger partial charge in [0.2, 0.25) is 5.56 Å². The number of aromatic amines is 1. The molecule has 2 aromatic rings. The second-order valence-electron chi connectivity index (χ2n) is 3.80. The first-order valence-corrected chi connectivity index (χ1v) is 5.55.